The molecule has 0 spiro atoms. The van der Waals surface area contributed by atoms with E-state index in [1.807, 2.05) is 19.1 Å². The zero-order chi connectivity index (χ0) is 11.0. The average molecular weight is 217 g/mol. The predicted octanol–water partition coefficient (Wildman–Crippen LogP) is 2.63. The van der Waals surface area contributed by atoms with Gasteiger partial charge in [0, 0.05) is 6.54 Å². The summed E-state index contributed by atoms with van der Waals surface area (Å²) in [5.74, 6) is 3.81. The van der Waals surface area contributed by atoms with Crippen LogP contribution in [0.2, 0.25) is 0 Å². The first-order valence-electron chi connectivity index (χ1n) is 6.35. The van der Waals surface area contributed by atoms with Gasteiger partial charge in [0.05, 0.1) is 5.69 Å². The van der Waals surface area contributed by atoms with Gasteiger partial charge in [0.1, 0.15) is 5.82 Å². The lowest BCUT2D eigenvalue weighted by atomic mass is 9.89. The van der Waals surface area contributed by atoms with Crippen molar-refractivity contribution in [1.82, 2.24) is 10.2 Å². The number of nitrogens with zero attached hydrogens (tertiary/aromatic N) is 2. The zero-order valence-corrected chi connectivity index (χ0v) is 9.82. The minimum atomic E-state index is 0.877. The van der Waals surface area contributed by atoms with Crippen LogP contribution in [-0.2, 0) is 0 Å². The van der Waals surface area contributed by atoms with Crippen molar-refractivity contribution in [3.05, 3.63) is 17.8 Å². The third-order valence-corrected chi connectivity index (χ3v) is 4.23. The summed E-state index contributed by atoms with van der Waals surface area (Å²) >= 11 is 0. The van der Waals surface area contributed by atoms with Gasteiger partial charge in [-0.25, -0.2) is 0 Å². The van der Waals surface area contributed by atoms with Crippen LogP contribution >= 0.6 is 0 Å². The van der Waals surface area contributed by atoms with E-state index >= 15 is 0 Å². The maximum absolute atomic E-state index is 4.14. The van der Waals surface area contributed by atoms with Crippen LogP contribution < -0.4 is 5.32 Å². The first kappa shape index (κ1) is 10.1. The van der Waals surface area contributed by atoms with E-state index in [4.69, 9.17) is 0 Å². The molecule has 86 valence electrons. The number of hydrogen-bond donors (Lipinski definition) is 1. The van der Waals surface area contributed by atoms with Crippen molar-refractivity contribution in [2.24, 2.45) is 17.8 Å². The normalized spacial score (nSPS) is 31.9. The van der Waals surface area contributed by atoms with Gasteiger partial charge in [-0.1, -0.05) is 6.42 Å². The first-order chi connectivity index (χ1) is 7.81. The predicted molar refractivity (Wildman–Crippen MR) is 64.2 cm³/mol. The highest BCUT2D eigenvalue weighted by atomic mass is 15.2. The first-order valence-corrected chi connectivity index (χ1v) is 6.35. The van der Waals surface area contributed by atoms with Gasteiger partial charge in [0.2, 0.25) is 0 Å². The van der Waals surface area contributed by atoms with Crippen molar-refractivity contribution < 1.29 is 0 Å². The number of rotatable bonds is 3. The third kappa shape index (κ3) is 1.91. The Labute approximate surface area is 96.7 Å². The molecule has 0 saturated heterocycles. The zero-order valence-electron chi connectivity index (χ0n) is 9.82. The summed E-state index contributed by atoms with van der Waals surface area (Å²) in [4.78, 5) is 0. The third-order valence-electron chi connectivity index (χ3n) is 4.23. The van der Waals surface area contributed by atoms with Crippen molar-refractivity contribution >= 4 is 5.82 Å². The number of fused-ring (bicyclic) bond motifs is 2. The lowest BCUT2D eigenvalue weighted by Gasteiger charge is -2.21. The Morgan fingerprint density at radius 3 is 2.81 bits per heavy atom. The van der Waals surface area contributed by atoms with Crippen LogP contribution in [0.5, 0.6) is 0 Å². The summed E-state index contributed by atoms with van der Waals surface area (Å²) in [5, 5.41) is 11.6. The van der Waals surface area contributed by atoms with E-state index in [1.54, 1.807) is 0 Å². The summed E-state index contributed by atoms with van der Waals surface area (Å²) in [6, 6.07) is 4.03. The Hall–Kier alpha value is -1.12. The Morgan fingerprint density at radius 1 is 1.25 bits per heavy atom. The summed E-state index contributed by atoms with van der Waals surface area (Å²) in [7, 11) is 0. The highest BCUT2D eigenvalue weighted by molar-refractivity contribution is 5.32. The van der Waals surface area contributed by atoms with Gasteiger partial charge in [-0.15, -0.1) is 5.10 Å². The minimum Gasteiger partial charge on any atom is -0.368 e. The minimum absolute atomic E-state index is 0.877. The lowest BCUT2D eigenvalue weighted by molar-refractivity contribution is 0.348. The van der Waals surface area contributed by atoms with Crippen LogP contribution in [0.3, 0.4) is 0 Å². The molecule has 16 heavy (non-hydrogen) atoms. The van der Waals surface area contributed by atoms with E-state index < -0.39 is 0 Å². The van der Waals surface area contributed by atoms with Gasteiger partial charge in [0.25, 0.3) is 0 Å². The van der Waals surface area contributed by atoms with Gasteiger partial charge in [-0.05, 0) is 56.1 Å². The molecule has 0 aliphatic heterocycles. The second-order valence-electron chi connectivity index (χ2n) is 5.38. The van der Waals surface area contributed by atoms with Crippen molar-refractivity contribution in [3.63, 3.8) is 0 Å². The molecular weight excluding hydrogens is 198 g/mol. The molecule has 3 rings (SSSR count). The number of aromatic nitrogens is 2. The van der Waals surface area contributed by atoms with Crippen LogP contribution in [0, 0.1) is 24.7 Å². The molecule has 2 bridgehead atoms. The Balaban J connectivity index is 1.55. The van der Waals surface area contributed by atoms with Crippen molar-refractivity contribution in [1.29, 1.82) is 0 Å². The van der Waals surface area contributed by atoms with Crippen LogP contribution in [0.15, 0.2) is 12.1 Å². The summed E-state index contributed by atoms with van der Waals surface area (Å²) in [5.41, 5.74) is 0.977. The fourth-order valence-corrected chi connectivity index (χ4v) is 3.36. The fourth-order valence-electron chi connectivity index (χ4n) is 3.36. The number of anilines is 1. The smallest absolute Gasteiger partial charge is 0.148 e. The van der Waals surface area contributed by atoms with Gasteiger partial charge in [-0.2, -0.15) is 5.10 Å². The fraction of sp³-hybridized carbons (Fsp3) is 0.692. The molecule has 3 unspecified atom stereocenters. The maximum Gasteiger partial charge on any atom is 0.148 e. The monoisotopic (exact) mass is 217 g/mol. The molecule has 0 aromatic carbocycles. The Kier molecular flexibility index (Phi) is 2.54. The number of nitrogens with one attached hydrogen (secondary N) is 1. The van der Waals surface area contributed by atoms with Crippen molar-refractivity contribution in [3.8, 4) is 0 Å². The van der Waals surface area contributed by atoms with E-state index in [2.05, 4.69) is 15.5 Å². The van der Waals surface area contributed by atoms with Gasteiger partial charge >= 0.3 is 0 Å². The van der Waals surface area contributed by atoms with E-state index in [0.717, 1.165) is 35.8 Å². The van der Waals surface area contributed by atoms with Crippen LogP contribution in [0.4, 0.5) is 5.82 Å². The molecule has 1 aromatic heterocycles. The summed E-state index contributed by atoms with van der Waals surface area (Å²) in [6.45, 7) is 3.05. The van der Waals surface area contributed by atoms with Crippen LogP contribution in [-0.4, -0.2) is 16.7 Å². The average Bonchev–Trinajstić information content (AvgIpc) is 2.90. The molecule has 2 fully saturated rings. The Morgan fingerprint density at radius 2 is 2.19 bits per heavy atom. The quantitative estimate of drug-likeness (QED) is 0.845. The molecule has 2 saturated carbocycles. The maximum atomic E-state index is 4.14. The van der Waals surface area contributed by atoms with E-state index in [1.165, 1.54) is 25.7 Å². The SMILES string of the molecule is Cc1ccc(NCC2CC3CCC2C3)nn1. The van der Waals surface area contributed by atoms with Gasteiger partial charge in [-0.3, -0.25) is 0 Å². The summed E-state index contributed by atoms with van der Waals surface area (Å²) < 4.78 is 0. The molecule has 3 nitrogen and oxygen atoms in total. The van der Waals surface area contributed by atoms with Crippen molar-refractivity contribution in [2.75, 3.05) is 11.9 Å². The van der Waals surface area contributed by atoms with Crippen LogP contribution in [0.1, 0.15) is 31.4 Å². The second kappa shape index (κ2) is 4.04. The summed E-state index contributed by atoms with van der Waals surface area (Å²) in [6.07, 6.45) is 5.84. The molecule has 1 heterocycles. The molecule has 2 aliphatic rings. The van der Waals surface area contributed by atoms with Gasteiger partial charge in [0.15, 0.2) is 0 Å². The van der Waals surface area contributed by atoms with E-state index in [0.29, 0.717) is 0 Å². The van der Waals surface area contributed by atoms with Crippen LogP contribution in [0.25, 0.3) is 0 Å². The largest absolute Gasteiger partial charge is 0.368 e. The number of aryl methyl sites for hydroxylation is 1. The van der Waals surface area contributed by atoms with E-state index in [9.17, 15) is 0 Å². The molecule has 3 heteroatoms. The molecule has 0 radical (unpaired) electrons. The Bertz CT molecular complexity index is 360. The molecule has 1 N–H and O–H groups in total. The lowest BCUT2D eigenvalue weighted by Crippen LogP contribution is -2.20. The van der Waals surface area contributed by atoms with Crippen molar-refractivity contribution in [2.45, 2.75) is 32.6 Å². The van der Waals surface area contributed by atoms with E-state index in [-0.39, 0.29) is 0 Å². The molecule has 2 aliphatic carbocycles. The molecule has 3 atom stereocenters. The highest BCUT2D eigenvalue weighted by Crippen LogP contribution is 2.48. The standard InChI is InChI=1S/C13H19N3/c1-9-2-5-13(16-15-9)14-8-12-7-10-3-4-11(12)6-10/h2,5,10-12H,3-4,6-8H2,1H3,(H,14,16). The van der Waals surface area contributed by atoms with Gasteiger partial charge < -0.3 is 5.32 Å². The molecule has 0 amide bonds. The molecular formula is C13H19N3. The highest BCUT2D eigenvalue weighted by Gasteiger charge is 2.38. The molecule has 1 aromatic rings. The topological polar surface area (TPSA) is 37.8 Å². The second-order valence-corrected chi connectivity index (χ2v) is 5.38. The number of hydrogen-bond acceptors (Lipinski definition) is 3.